The predicted octanol–water partition coefficient (Wildman–Crippen LogP) is 8.67. The van der Waals surface area contributed by atoms with Gasteiger partial charge in [-0.2, -0.15) is 30.6 Å². The van der Waals surface area contributed by atoms with E-state index < -0.39 is 81.4 Å². The van der Waals surface area contributed by atoms with Gasteiger partial charge < -0.3 is 5.32 Å². The van der Waals surface area contributed by atoms with Crippen molar-refractivity contribution in [1.29, 1.82) is 0 Å². The maximum atomic E-state index is 14.6. The number of aromatic nitrogens is 4. The molecule has 2 aliphatic heterocycles. The molecule has 3 aromatic carbocycles. The summed E-state index contributed by atoms with van der Waals surface area (Å²) >= 11 is 0. The Kier molecular flexibility index (Phi) is 16.2. The molecular formula is C42H36ClF11N6O4S. The van der Waals surface area contributed by atoms with E-state index in [2.05, 4.69) is 25.3 Å². The number of halogens is 12. The second-order valence-electron chi connectivity index (χ2n) is 14.7. The average Bonchev–Trinajstić information content (AvgIpc) is 3.88. The van der Waals surface area contributed by atoms with E-state index in [1.54, 1.807) is 0 Å². The normalized spacial score (nSPS) is 19.0. The fourth-order valence-corrected chi connectivity index (χ4v) is 8.65. The molecule has 2 aliphatic rings. The maximum absolute atomic E-state index is 14.6. The van der Waals surface area contributed by atoms with Gasteiger partial charge in [0.15, 0.2) is 23.0 Å². The van der Waals surface area contributed by atoms with E-state index in [1.165, 1.54) is 24.3 Å². The smallest absolute Gasteiger partial charge is 0.305 e. The van der Waals surface area contributed by atoms with Gasteiger partial charge in [-0.25, -0.2) is 40.3 Å². The van der Waals surface area contributed by atoms with Crippen molar-refractivity contribution in [3.8, 4) is 22.5 Å². The molecule has 5 aromatic rings. The van der Waals surface area contributed by atoms with E-state index in [0.717, 1.165) is 53.1 Å². The molecule has 65 heavy (non-hydrogen) atoms. The van der Waals surface area contributed by atoms with Crippen LogP contribution >= 0.6 is 12.4 Å². The zero-order chi connectivity index (χ0) is 46.6. The van der Waals surface area contributed by atoms with Gasteiger partial charge in [-0.15, -0.1) is 12.4 Å². The van der Waals surface area contributed by atoms with Crippen molar-refractivity contribution >= 4 is 34.0 Å². The van der Waals surface area contributed by atoms with E-state index in [4.69, 9.17) is 0 Å². The van der Waals surface area contributed by atoms with Gasteiger partial charge in [0.25, 0.3) is 0 Å². The average molecular weight is 965 g/mol. The van der Waals surface area contributed by atoms with E-state index in [0.29, 0.717) is 36.5 Å². The number of hydrogen-bond donors (Lipinski definition) is 1. The quantitative estimate of drug-likeness (QED) is 0.122. The van der Waals surface area contributed by atoms with Gasteiger partial charge in [-0.05, 0) is 91.9 Å². The molecule has 0 radical (unpaired) electrons. The molecule has 4 atom stereocenters. The molecule has 0 amide bonds. The topological polar surface area (TPSA) is 135 Å². The molecule has 348 valence electrons. The Morgan fingerprint density at radius 3 is 1.58 bits per heavy atom. The number of sulfonamides is 1. The molecule has 23 heteroatoms. The van der Waals surface area contributed by atoms with E-state index >= 15 is 0 Å². The molecule has 2 saturated heterocycles. The van der Waals surface area contributed by atoms with Crippen molar-refractivity contribution in [3.05, 3.63) is 125 Å². The minimum atomic E-state index is -4.71. The summed E-state index contributed by atoms with van der Waals surface area (Å²) in [6, 6.07) is 9.28. The molecule has 10 nitrogen and oxygen atoms in total. The minimum absolute atomic E-state index is 0. The van der Waals surface area contributed by atoms with Crippen molar-refractivity contribution in [1.82, 2.24) is 29.6 Å². The Morgan fingerprint density at radius 2 is 1.15 bits per heavy atom. The lowest BCUT2D eigenvalue weighted by Crippen LogP contribution is -2.44. The second kappa shape index (κ2) is 20.8. The first-order valence-electron chi connectivity index (χ1n) is 19.3. The number of Topliss-reactive ketones (excluding diaryl/α,β-unsaturated/α-hetero) is 2. The lowest BCUT2D eigenvalue weighted by atomic mass is 9.99. The molecule has 1 N–H and O–H groups in total. The number of alkyl halides is 8. The standard InChI is InChI=1S/C24H19F6N3O3S.C18H16F5N3O.ClH/c25-15-3-5-16(6-4-15)37(35,36)33-10-9-19(27)23(33)21(34)8-2-14-1-7-18(26)17(11-14)20-12-32-22(13-31-20)24(28,29)30;19-12-3-1-10(2-4-15(27)17-13(20)5-6-24-17)7-11(12)14-8-26-16(9-25-14)18(21,22)23;/h1,3-7,11-13,19,23H,2,8-10H2;1,3,7-9,13,17,24H,2,4-6H2;1H/t19-,23-;13-,17-;/m00./s1. The third-order valence-electron chi connectivity index (χ3n) is 10.3. The van der Waals surface area contributed by atoms with Crippen LogP contribution < -0.4 is 5.32 Å². The zero-order valence-corrected chi connectivity index (χ0v) is 35.0. The first-order valence-corrected chi connectivity index (χ1v) is 20.8. The molecular weight excluding hydrogens is 929 g/mol. The van der Waals surface area contributed by atoms with Gasteiger partial charge >= 0.3 is 12.4 Å². The number of nitrogens with one attached hydrogen (secondary N) is 1. The zero-order valence-electron chi connectivity index (χ0n) is 33.4. The van der Waals surface area contributed by atoms with Gasteiger partial charge in [0.05, 0.1) is 47.1 Å². The van der Waals surface area contributed by atoms with Crippen LogP contribution in [0.1, 0.15) is 48.2 Å². The Labute approximate surface area is 370 Å². The highest BCUT2D eigenvalue weighted by Crippen LogP contribution is 2.33. The number of aryl methyl sites for hydroxylation is 2. The summed E-state index contributed by atoms with van der Waals surface area (Å²) in [5.74, 6) is -3.06. The van der Waals surface area contributed by atoms with Gasteiger partial charge in [0, 0.05) is 30.5 Å². The molecule has 4 heterocycles. The van der Waals surface area contributed by atoms with Crippen LogP contribution in [0, 0.1) is 17.5 Å². The van der Waals surface area contributed by atoms with E-state index in [-0.39, 0.29) is 84.2 Å². The SMILES string of the molecule is Cl.O=C(CCc1ccc(F)c(-c2cnc(C(F)(F)F)cn2)c1)[C@@H]1[C@@H](F)CCN1S(=O)(=O)c1ccc(F)cc1.O=C(CCc1ccc(F)c(-c2cnc(C(F)(F)F)cn2)c1)[C@H]1NCC[C@@H]1F. The number of hydrogen-bond acceptors (Lipinski definition) is 9. The first kappa shape index (κ1) is 50.5. The highest BCUT2D eigenvalue weighted by molar-refractivity contribution is 7.89. The number of nitrogens with zero attached hydrogens (tertiary/aromatic N) is 5. The summed E-state index contributed by atoms with van der Waals surface area (Å²) in [7, 11) is -4.27. The molecule has 0 aliphatic carbocycles. The molecule has 7 rings (SSSR count). The second-order valence-corrected chi connectivity index (χ2v) is 16.6. The lowest BCUT2D eigenvalue weighted by Gasteiger charge is -2.24. The predicted molar refractivity (Wildman–Crippen MR) is 214 cm³/mol. The molecule has 2 fully saturated rings. The van der Waals surface area contributed by atoms with Crippen LogP contribution in [0.5, 0.6) is 0 Å². The largest absolute Gasteiger partial charge is 0.434 e. The third kappa shape index (κ3) is 12.3. The summed E-state index contributed by atoms with van der Waals surface area (Å²) in [6.45, 7) is 0.218. The summed E-state index contributed by atoms with van der Waals surface area (Å²) in [5.41, 5.74) is -1.78. The monoisotopic (exact) mass is 964 g/mol. The summed E-state index contributed by atoms with van der Waals surface area (Å²) in [6.07, 6.45) is -9.52. The van der Waals surface area contributed by atoms with Crippen molar-refractivity contribution in [2.45, 2.75) is 80.2 Å². The van der Waals surface area contributed by atoms with Crippen LogP contribution in [0.15, 0.2) is 90.3 Å². The van der Waals surface area contributed by atoms with Crippen LogP contribution in [0.3, 0.4) is 0 Å². The summed E-state index contributed by atoms with van der Waals surface area (Å²) < 4.78 is 172. The molecule has 2 aromatic heterocycles. The third-order valence-corrected chi connectivity index (χ3v) is 12.2. The Hall–Kier alpha value is -5.45. The Bertz CT molecular complexity index is 2570. The molecule has 0 saturated carbocycles. The fraction of sp³-hybridized carbons (Fsp3) is 0.333. The highest BCUT2D eigenvalue weighted by Gasteiger charge is 2.45. The van der Waals surface area contributed by atoms with Crippen LogP contribution in [-0.4, -0.2) is 81.7 Å². The maximum Gasteiger partial charge on any atom is 0.434 e. The minimum Gasteiger partial charge on any atom is -0.305 e. The Morgan fingerprint density at radius 1 is 0.662 bits per heavy atom. The van der Waals surface area contributed by atoms with Crippen molar-refractivity contribution < 1.29 is 66.3 Å². The number of rotatable bonds is 12. The van der Waals surface area contributed by atoms with E-state index in [1.807, 2.05) is 0 Å². The van der Waals surface area contributed by atoms with Crippen LogP contribution in [0.25, 0.3) is 22.5 Å². The number of ketones is 2. The lowest BCUT2D eigenvalue weighted by molar-refractivity contribution is -0.142. The van der Waals surface area contributed by atoms with Crippen molar-refractivity contribution in [3.63, 3.8) is 0 Å². The van der Waals surface area contributed by atoms with E-state index in [9.17, 15) is 66.3 Å². The fourth-order valence-electron chi connectivity index (χ4n) is 7.00. The van der Waals surface area contributed by atoms with Gasteiger partial charge in [0.1, 0.15) is 35.8 Å². The first-order chi connectivity index (χ1) is 30.1. The molecule has 0 spiro atoms. The number of benzene rings is 3. The van der Waals surface area contributed by atoms with Crippen molar-refractivity contribution in [2.24, 2.45) is 0 Å². The van der Waals surface area contributed by atoms with Gasteiger partial charge in [0.2, 0.25) is 10.0 Å². The van der Waals surface area contributed by atoms with Crippen molar-refractivity contribution in [2.75, 3.05) is 13.1 Å². The molecule has 0 bridgehead atoms. The number of carbonyl (C=O) groups excluding carboxylic acids is 2. The number of carbonyl (C=O) groups is 2. The van der Waals surface area contributed by atoms with Gasteiger partial charge in [-0.3, -0.25) is 19.6 Å². The Balaban J connectivity index is 0.000000252. The summed E-state index contributed by atoms with van der Waals surface area (Å²) in [4.78, 5) is 38.5. The highest BCUT2D eigenvalue weighted by atomic mass is 35.5. The van der Waals surface area contributed by atoms with Gasteiger partial charge in [-0.1, -0.05) is 12.1 Å². The molecule has 0 unspecified atom stereocenters. The summed E-state index contributed by atoms with van der Waals surface area (Å²) in [5, 5.41) is 2.81. The van der Waals surface area contributed by atoms with Crippen LogP contribution in [0.4, 0.5) is 48.3 Å². The van der Waals surface area contributed by atoms with Crippen LogP contribution in [0.2, 0.25) is 0 Å². The van der Waals surface area contributed by atoms with Crippen LogP contribution in [-0.2, 0) is 44.8 Å².